The van der Waals surface area contributed by atoms with Crippen LogP contribution in [0, 0.1) is 5.92 Å². The Morgan fingerprint density at radius 2 is 1.71 bits per heavy atom. The summed E-state index contributed by atoms with van der Waals surface area (Å²) in [5.74, 6) is 0.327. The number of nitrogens with zero attached hydrogens (tertiary/aromatic N) is 4. The number of carbonyl (C=O) groups is 2. The molecule has 0 saturated carbocycles. The number of aliphatic hydroxyl groups is 1. The molecule has 2 aromatic rings. The van der Waals surface area contributed by atoms with E-state index in [9.17, 15) is 14.7 Å². The van der Waals surface area contributed by atoms with Crippen LogP contribution in [0.1, 0.15) is 25.7 Å². The number of aliphatic hydroxyl groups excluding tert-OH is 1. The summed E-state index contributed by atoms with van der Waals surface area (Å²) in [5.41, 5.74) is 1.58. The first-order valence-corrected chi connectivity index (χ1v) is 11.2. The maximum Gasteiger partial charge on any atom is 0.319 e. The molecule has 2 N–H and O–H groups in total. The SMILES string of the molecule is O=C(Nc1cc(-c2ccc(Cl)cc2)nn1CCO)C1CCN(C(=O)N2CCCC2)CC1. The van der Waals surface area contributed by atoms with Crippen LogP contribution >= 0.6 is 11.6 Å². The largest absolute Gasteiger partial charge is 0.394 e. The molecule has 1 aromatic heterocycles. The van der Waals surface area contributed by atoms with Crippen molar-refractivity contribution in [2.45, 2.75) is 32.2 Å². The molecule has 0 spiro atoms. The first kappa shape index (κ1) is 21.6. The van der Waals surface area contributed by atoms with E-state index in [2.05, 4.69) is 10.4 Å². The molecule has 31 heavy (non-hydrogen) atoms. The molecule has 3 heterocycles. The number of urea groups is 1. The molecule has 0 unspecified atom stereocenters. The molecule has 2 fully saturated rings. The fourth-order valence-corrected chi connectivity index (χ4v) is 4.34. The van der Waals surface area contributed by atoms with Gasteiger partial charge in [-0.25, -0.2) is 9.48 Å². The lowest BCUT2D eigenvalue weighted by atomic mass is 9.96. The highest BCUT2D eigenvalue weighted by atomic mass is 35.5. The van der Waals surface area contributed by atoms with E-state index in [1.165, 1.54) is 0 Å². The zero-order valence-electron chi connectivity index (χ0n) is 17.5. The fourth-order valence-electron chi connectivity index (χ4n) is 4.21. The average Bonchev–Trinajstić information content (AvgIpc) is 3.45. The van der Waals surface area contributed by atoms with Crippen LogP contribution in [0.2, 0.25) is 5.02 Å². The predicted octanol–water partition coefficient (Wildman–Crippen LogP) is 3.06. The van der Waals surface area contributed by atoms with Gasteiger partial charge in [0.1, 0.15) is 5.82 Å². The number of hydrogen-bond acceptors (Lipinski definition) is 4. The van der Waals surface area contributed by atoms with Gasteiger partial charge < -0.3 is 20.2 Å². The van der Waals surface area contributed by atoms with Crippen LogP contribution in [-0.4, -0.2) is 69.4 Å². The third-order valence-corrected chi connectivity index (χ3v) is 6.25. The van der Waals surface area contributed by atoms with E-state index in [4.69, 9.17) is 11.6 Å². The number of anilines is 1. The van der Waals surface area contributed by atoms with E-state index < -0.39 is 0 Å². The maximum absolute atomic E-state index is 12.9. The zero-order chi connectivity index (χ0) is 21.8. The van der Waals surface area contributed by atoms with Gasteiger partial charge in [-0.05, 0) is 37.8 Å². The number of hydrogen-bond donors (Lipinski definition) is 2. The van der Waals surface area contributed by atoms with Crippen LogP contribution in [-0.2, 0) is 11.3 Å². The first-order chi connectivity index (χ1) is 15.0. The van der Waals surface area contributed by atoms with Gasteiger partial charge in [0, 0.05) is 48.7 Å². The molecular weight excluding hydrogens is 418 g/mol. The quantitative estimate of drug-likeness (QED) is 0.740. The summed E-state index contributed by atoms with van der Waals surface area (Å²) in [7, 11) is 0. The normalized spacial score (nSPS) is 17.2. The van der Waals surface area contributed by atoms with Crippen molar-refractivity contribution < 1.29 is 14.7 Å². The minimum absolute atomic E-state index is 0.0741. The number of rotatable bonds is 5. The van der Waals surface area contributed by atoms with Crippen LogP contribution in [0.25, 0.3) is 11.3 Å². The second-order valence-corrected chi connectivity index (χ2v) is 8.53. The number of amides is 3. The fraction of sp³-hybridized carbons (Fsp3) is 0.500. The third-order valence-electron chi connectivity index (χ3n) is 6.00. The summed E-state index contributed by atoms with van der Waals surface area (Å²) in [5, 5.41) is 17.5. The van der Waals surface area contributed by atoms with Gasteiger partial charge in [0.25, 0.3) is 0 Å². The van der Waals surface area contributed by atoms with Crippen molar-refractivity contribution >= 4 is 29.4 Å². The van der Waals surface area contributed by atoms with Crippen molar-refractivity contribution in [1.82, 2.24) is 19.6 Å². The minimum atomic E-state index is -0.154. The van der Waals surface area contributed by atoms with Gasteiger partial charge >= 0.3 is 6.03 Å². The molecule has 3 amide bonds. The topological polar surface area (TPSA) is 90.7 Å². The molecule has 2 aliphatic rings. The lowest BCUT2D eigenvalue weighted by Crippen LogP contribution is -2.47. The zero-order valence-corrected chi connectivity index (χ0v) is 18.2. The number of likely N-dealkylation sites (tertiary alicyclic amines) is 2. The highest BCUT2D eigenvalue weighted by Gasteiger charge is 2.31. The van der Waals surface area contributed by atoms with E-state index in [1.807, 2.05) is 28.0 Å². The van der Waals surface area contributed by atoms with Crippen LogP contribution in [0.3, 0.4) is 0 Å². The summed E-state index contributed by atoms with van der Waals surface area (Å²) in [6.07, 6.45) is 3.43. The Hall–Kier alpha value is -2.58. The van der Waals surface area contributed by atoms with Crippen molar-refractivity contribution in [2.75, 3.05) is 38.1 Å². The number of nitrogens with one attached hydrogen (secondary N) is 1. The van der Waals surface area contributed by atoms with Crippen molar-refractivity contribution in [3.8, 4) is 11.3 Å². The number of aromatic nitrogens is 2. The van der Waals surface area contributed by atoms with E-state index in [0.29, 0.717) is 42.5 Å². The summed E-state index contributed by atoms with van der Waals surface area (Å²) in [6, 6.07) is 9.22. The summed E-state index contributed by atoms with van der Waals surface area (Å²) < 4.78 is 1.61. The number of halogens is 1. The lowest BCUT2D eigenvalue weighted by Gasteiger charge is -2.34. The molecule has 8 nitrogen and oxygen atoms in total. The van der Waals surface area contributed by atoms with E-state index >= 15 is 0 Å². The molecule has 0 bridgehead atoms. The van der Waals surface area contributed by atoms with Gasteiger partial charge in [-0.15, -0.1) is 0 Å². The third kappa shape index (κ3) is 5.02. The van der Waals surface area contributed by atoms with Gasteiger partial charge in [0.2, 0.25) is 5.91 Å². The van der Waals surface area contributed by atoms with Crippen LogP contribution in [0.5, 0.6) is 0 Å². The van der Waals surface area contributed by atoms with Crippen LogP contribution in [0.15, 0.2) is 30.3 Å². The Morgan fingerprint density at radius 1 is 1.06 bits per heavy atom. The summed E-state index contributed by atoms with van der Waals surface area (Å²) in [4.78, 5) is 29.2. The smallest absolute Gasteiger partial charge is 0.319 e. The van der Waals surface area contributed by atoms with Gasteiger partial charge in [-0.2, -0.15) is 5.10 Å². The molecule has 9 heteroatoms. The highest BCUT2D eigenvalue weighted by Crippen LogP contribution is 2.26. The number of carbonyl (C=O) groups excluding carboxylic acids is 2. The molecular formula is C22H28ClN5O3. The Morgan fingerprint density at radius 3 is 2.35 bits per heavy atom. The molecule has 1 aromatic carbocycles. The molecule has 2 aliphatic heterocycles. The monoisotopic (exact) mass is 445 g/mol. The number of benzene rings is 1. The molecule has 0 aliphatic carbocycles. The second kappa shape index (κ2) is 9.70. The minimum Gasteiger partial charge on any atom is -0.394 e. The van der Waals surface area contributed by atoms with Gasteiger partial charge in [0.05, 0.1) is 18.8 Å². The first-order valence-electron chi connectivity index (χ1n) is 10.8. The van der Waals surface area contributed by atoms with Crippen molar-refractivity contribution in [2.24, 2.45) is 5.92 Å². The molecule has 0 atom stereocenters. The molecule has 4 rings (SSSR count). The summed E-state index contributed by atoms with van der Waals surface area (Å²) in [6.45, 7) is 3.07. The maximum atomic E-state index is 12.9. The van der Waals surface area contributed by atoms with Gasteiger partial charge in [-0.3, -0.25) is 4.79 Å². The Kier molecular flexibility index (Phi) is 6.77. The van der Waals surface area contributed by atoms with Crippen LogP contribution < -0.4 is 5.32 Å². The van der Waals surface area contributed by atoms with Crippen molar-refractivity contribution in [1.29, 1.82) is 0 Å². The average molecular weight is 446 g/mol. The molecule has 0 radical (unpaired) electrons. The second-order valence-electron chi connectivity index (χ2n) is 8.10. The van der Waals surface area contributed by atoms with Gasteiger partial charge in [-0.1, -0.05) is 23.7 Å². The standard InChI is InChI=1S/C22H28ClN5O3/c23-18-5-3-16(4-6-18)19-15-20(28(25-19)13-14-29)24-21(30)17-7-11-27(12-8-17)22(31)26-9-1-2-10-26/h3-6,15,17,29H,1-2,7-14H2,(H,24,30). The Bertz CT molecular complexity index is 916. The van der Waals surface area contributed by atoms with Crippen LogP contribution in [0.4, 0.5) is 10.6 Å². The summed E-state index contributed by atoms with van der Waals surface area (Å²) >= 11 is 5.96. The Labute approximate surface area is 186 Å². The lowest BCUT2D eigenvalue weighted by molar-refractivity contribution is -0.121. The number of piperidine rings is 1. The molecule has 2 saturated heterocycles. The van der Waals surface area contributed by atoms with Crippen molar-refractivity contribution in [3.63, 3.8) is 0 Å². The predicted molar refractivity (Wildman–Crippen MR) is 119 cm³/mol. The Balaban J connectivity index is 1.39. The van der Waals surface area contributed by atoms with Gasteiger partial charge in [0.15, 0.2) is 0 Å². The van der Waals surface area contributed by atoms with Crippen molar-refractivity contribution in [3.05, 3.63) is 35.4 Å². The molecule has 166 valence electrons. The highest BCUT2D eigenvalue weighted by molar-refractivity contribution is 6.30. The van der Waals surface area contributed by atoms with E-state index in [0.717, 1.165) is 31.5 Å². The van der Waals surface area contributed by atoms with E-state index in [-0.39, 0.29) is 31.0 Å². The van der Waals surface area contributed by atoms with E-state index in [1.54, 1.807) is 16.8 Å².